The van der Waals surface area contributed by atoms with Crippen molar-refractivity contribution in [3.63, 3.8) is 0 Å². The van der Waals surface area contributed by atoms with Crippen molar-refractivity contribution in [3.8, 4) is 0 Å². The Morgan fingerprint density at radius 1 is 1.29 bits per heavy atom. The molecule has 0 amide bonds. The van der Waals surface area contributed by atoms with E-state index in [4.69, 9.17) is 0 Å². The van der Waals surface area contributed by atoms with Crippen molar-refractivity contribution in [1.82, 2.24) is 4.72 Å². The van der Waals surface area contributed by atoms with Crippen molar-refractivity contribution in [2.24, 2.45) is 0 Å². The third-order valence-corrected chi connectivity index (χ3v) is 4.62. The first kappa shape index (κ1) is 12.4. The summed E-state index contributed by atoms with van der Waals surface area (Å²) in [6, 6.07) is 6.99. The predicted octanol–water partition coefficient (Wildman–Crippen LogP) is 1.95. The third-order valence-electron chi connectivity index (χ3n) is 2.92. The van der Waals surface area contributed by atoms with Crippen LogP contribution in [0.2, 0.25) is 0 Å². The van der Waals surface area contributed by atoms with E-state index in [2.05, 4.69) is 10.0 Å². The quantitative estimate of drug-likeness (QED) is 0.844. The summed E-state index contributed by atoms with van der Waals surface area (Å²) in [6.45, 7) is 4.57. The van der Waals surface area contributed by atoms with Crippen LogP contribution in [0.25, 0.3) is 0 Å². The van der Waals surface area contributed by atoms with Gasteiger partial charge in [0.1, 0.15) is 4.90 Å². The largest absolute Gasteiger partial charge is 0.384 e. The molecule has 1 aliphatic rings. The Kier molecular flexibility index (Phi) is 3.14. The number of anilines is 1. The average Bonchev–Trinajstić information content (AvgIpc) is 2.96. The van der Waals surface area contributed by atoms with Crippen LogP contribution in [0.3, 0.4) is 0 Å². The van der Waals surface area contributed by atoms with Gasteiger partial charge in [0.05, 0.1) is 5.69 Å². The lowest BCUT2D eigenvalue weighted by Crippen LogP contribution is -2.34. The molecule has 1 aromatic rings. The monoisotopic (exact) mass is 254 g/mol. The smallest absolute Gasteiger partial charge is 0.243 e. The molecule has 1 saturated carbocycles. The van der Waals surface area contributed by atoms with Gasteiger partial charge >= 0.3 is 0 Å². The van der Waals surface area contributed by atoms with Crippen LogP contribution in [-0.2, 0) is 10.0 Å². The van der Waals surface area contributed by atoms with Gasteiger partial charge in [0.15, 0.2) is 0 Å². The highest BCUT2D eigenvalue weighted by Crippen LogP contribution is 2.36. The van der Waals surface area contributed by atoms with Crippen LogP contribution in [0.1, 0.15) is 26.7 Å². The van der Waals surface area contributed by atoms with Crippen molar-refractivity contribution in [1.29, 1.82) is 0 Å². The molecule has 0 bridgehead atoms. The molecular weight excluding hydrogens is 236 g/mol. The maximum Gasteiger partial charge on any atom is 0.243 e. The lowest BCUT2D eigenvalue weighted by atomic mass is 10.3. The highest BCUT2D eigenvalue weighted by molar-refractivity contribution is 7.89. The van der Waals surface area contributed by atoms with E-state index in [1.807, 2.05) is 19.9 Å². The topological polar surface area (TPSA) is 58.2 Å². The maximum absolute atomic E-state index is 12.2. The Morgan fingerprint density at radius 2 is 1.94 bits per heavy atom. The predicted molar refractivity (Wildman–Crippen MR) is 68.6 cm³/mol. The van der Waals surface area contributed by atoms with E-state index >= 15 is 0 Å². The Labute approximate surface area is 102 Å². The lowest BCUT2D eigenvalue weighted by Gasteiger charge is -2.15. The van der Waals surface area contributed by atoms with Gasteiger partial charge in [-0.2, -0.15) is 0 Å². The van der Waals surface area contributed by atoms with Crippen molar-refractivity contribution in [2.75, 3.05) is 11.9 Å². The van der Waals surface area contributed by atoms with E-state index in [1.54, 1.807) is 18.2 Å². The summed E-state index contributed by atoms with van der Waals surface area (Å²) >= 11 is 0. The summed E-state index contributed by atoms with van der Waals surface area (Å²) in [6.07, 6.45) is 1.82. The molecule has 2 N–H and O–H groups in total. The summed E-state index contributed by atoms with van der Waals surface area (Å²) in [5.74, 6) is 0. The molecule has 5 heteroatoms. The van der Waals surface area contributed by atoms with Crippen molar-refractivity contribution < 1.29 is 8.42 Å². The van der Waals surface area contributed by atoms with Crippen molar-refractivity contribution in [3.05, 3.63) is 24.3 Å². The molecule has 0 atom stereocenters. The van der Waals surface area contributed by atoms with E-state index in [0.29, 0.717) is 17.1 Å². The molecule has 1 aromatic carbocycles. The second-order valence-corrected chi connectivity index (χ2v) is 6.34. The summed E-state index contributed by atoms with van der Waals surface area (Å²) in [5, 5.41) is 3.07. The highest BCUT2D eigenvalue weighted by atomic mass is 32.2. The molecule has 1 fully saturated rings. The van der Waals surface area contributed by atoms with Gasteiger partial charge in [-0.3, -0.25) is 0 Å². The molecule has 2 rings (SSSR count). The van der Waals surface area contributed by atoms with Gasteiger partial charge < -0.3 is 5.32 Å². The second-order valence-electron chi connectivity index (χ2n) is 4.69. The minimum Gasteiger partial charge on any atom is -0.384 e. The number of nitrogens with one attached hydrogen (secondary N) is 2. The third kappa shape index (κ3) is 2.79. The van der Waals surface area contributed by atoms with Crippen LogP contribution in [-0.4, -0.2) is 20.5 Å². The Bertz CT molecular complexity index is 507. The molecule has 1 aliphatic carbocycles. The molecule has 0 aliphatic heterocycles. The second kappa shape index (κ2) is 4.31. The first-order valence-corrected chi connectivity index (χ1v) is 7.32. The minimum absolute atomic E-state index is 0.238. The summed E-state index contributed by atoms with van der Waals surface area (Å²) < 4.78 is 27.2. The Hall–Kier alpha value is -1.07. The first-order valence-electron chi connectivity index (χ1n) is 5.84. The Balaban J connectivity index is 2.31. The molecule has 0 saturated heterocycles. The summed E-state index contributed by atoms with van der Waals surface area (Å²) in [5.41, 5.74) is 0.421. The number of rotatable bonds is 5. The zero-order valence-corrected chi connectivity index (χ0v) is 11.0. The van der Waals surface area contributed by atoms with E-state index < -0.39 is 10.0 Å². The zero-order chi connectivity index (χ0) is 12.5. The number of para-hydroxylation sites is 1. The van der Waals surface area contributed by atoms with E-state index in [9.17, 15) is 8.42 Å². The summed E-state index contributed by atoms with van der Waals surface area (Å²) in [7, 11) is -3.42. The number of hydrogen-bond donors (Lipinski definition) is 2. The van der Waals surface area contributed by atoms with Gasteiger partial charge in [0.2, 0.25) is 10.0 Å². The van der Waals surface area contributed by atoms with E-state index in [1.165, 1.54) is 0 Å². The normalized spacial score (nSPS) is 17.8. The average molecular weight is 254 g/mol. The van der Waals surface area contributed by atoms with Gasteiger partial charge in [-0.15, -0.1) is 0 Å². The van der Waals surface area contributed by atoms with Gasteiger partial charge in [-0.1, -0.05) is 12.1 Å². The zero-order valence-electron chi connectivity index (χ0n) is 10.2. The van der Waals surface area contributed by atoms with Crippen LogP contribution in [0.15, 0.2) is 29.2 Å². The van der Waals surface area contributed by atoms with E-state index in [-0.39, 0.29) is 5.54 Å². The van der Waals surface area contributed by atoms with Crippen LogP contribution >= 0.6 is 0 Å². The fourth-order valence-electron chi connectivity index (χ4n) is 1.71. The SMILES string of the molecule is CCNc1ccccc1S(=O)(=O)NC1(C)CC1. The summed E-state index contributed by atoms with van der Waals surface area (Å²) in [4.78, 5) is 0.329. The maximum atomic E-state index is 12.2. The van der Waals surface area contributed by atoms with E-state index in [0.717, 1.165) is 12.8 Å². The Morgan fingerprint density at radius 3 is 2.53 bits per heavy atom. The fourth-order valence-corrected chi connectivity index (χ4v) is 3.36. The lowest BCUT2D eigenvalue weighted by molar-refractivity contribution is 0.558. The molecule has 94 valence electrons. The molecule has 0 radical (unpaired) electrons. The molecule has 0 spiro atoms. The molecular formula is C12H18N2O2S. The number of sulfonamides is 1. The van der Waals surface area contributed by atoms with Gasteiger partial charge in [0, 0.05) is 12.1 Å². The van der Waals surface area contributed by atoms with Crippen LogP contribution < -0.4 is 10.0 Å². The van der Waals surface area contributed by atoms with Gasteiger partial charge in [0.25, 0.3) is 0 Å². The van der Waals surface area contributed by atoms with Gasteiger partial charge in [-0.25, -0.2) is 13.1 Å². The van der Waals surface area contributed by atoms with Crippen LogP contribution in [0.5, 0.6) is 0 Å². The number of benzene rings is 1. The molecule has 0 heterocycles. The van der Waals surface area contributed by atoms with Crippen LogP contribution in [0, 0.1) is 0 Å². The van der Waals surface area contributed by atoms with Crippen molar-refractivity contribution >= 4 is 15.7 Å². The van der Waals surface area contributed by atoms with Gasteiger partial charge in [-0.05, 0) is 38.8 Å². The molecule has 0 unspecified atom stereocenters. The minimum atomic E-state index is -3.42. The van der Waals surface area contributed by atoms with Crippen LogP contribution in [0.4, 0.5) is 5.69 Å². The fraction of sp³-hybridized carbons (Fsp3) is 0.500. The molecule has 17 heavy (non-hydrogen) atoms. The molecule has 4 nitrogen and oxygen atoms in total. The van der Waals surface area contributed by atoms with Crippen molar-refractivity contribution in [2.45, 2.75) is 37.1 Å². The first-order chi connectivity index (χ1) is 7.97. The molecule has 0 aromatic heterocycles. The highest BCUT2D eigenvalue weighted by Gasteiger charge is 2.41. The number of hydrogen-bond acceptors (Lipinski definition) is 3. The standard InChI is InChI=1S/C12H18N2O2S/c1-3-13-10-6-4-5-7-11(10)17(15,16)14-12(2)8-9-12/h4-7,13-14H,3,8-9H2,1-2H3.